The highest BCUT2D eigenvalue weighted by atomic mass is 32.1. The summed E-state index contributed by atoms with van der Waals surface area (Å²) in [6, 6.07) is 3.79. The maximum absolute atomic E-state index is 10.6. The molecule has 0 spiro atoms. The van der Waals surface area contributed by atoms with E-state index in [1.54, 1.807) is 12.4 Å². The van der Waals surface area contributed by atoms with Crippen molar-refractivity contribution in [1.82, 2.24) is 9.97 Å². The predicted molar refractivity (Wildman–Crippen MR) is 56.1 cm³/mol. The molecule has 0 radical (unpaired) electrons. The lowest BCUT2D eigenvalue weighted by atomic mass is 10.2. The fraction of sp³-hybridized carbons (Fsp3) is 0.100. The van der Waals surface area contributed by atoms with Crippen molar-refractivity contribution < 1.29 is 9.90 Å². The number of pyridine rings is 1. The summed E-state index contributed by atoms with van der Waals surface area (Å²) in [5, 5.41) is 9.51. The Morgan fingerprint density at radius 2 is 2.33 bits per heavy atom. The third kappa shape index (κ3) is 2.38. The average Bonchev–Trinajstić information content (AvgIpc) is 2.68. The average molecular weight is 220 g/mol. The van der Waals surface area contributed by atoms with E-state index in [0.717, 1.165) is 10.6 Å². The van der Waals surface area contributed by atoms with Crippen molar-refractivity contribution in [2.75, 3.05) is 0 Å². The minimum absolute atomic E-state index is 0.272. The van der Waals surface area contributed by atoms with Crippen LogP contribution in [0.15, 0.2) is 30.7 Å². The van der Waals surface area contributed by atoms with E-state index in [9.17, 15) is 4.79 Å². The number of carboxylic acid groups (broad SMARTS) is 1. The van der Waals surface area contributed by atoms with Crippen LogP contribution in [0.25, 0.3) is 0 Å². The van der Waals surface area contributed by atoms with E-state index in [4.69, 9.17) is 5.11 Å². The number of rotatable bonds is 3. The Balaban J connectivity index is 2.15. The van der Waals surface area contributed by atoms with Crippen LogP contribution in [0.3, 0.4) is 0 Å². The summed E-state index contributed by atoms with van der Waals surface area (Å²) in [5.74, 6) is -0.926. The third-order valence-electron chi connectivity index (χ3n) is 1.84. The number of thiazole rings is 1. The van der Waals surface area contributed by atoms with Gasteiger partial charge in [0.2, 0.25) is 0 Å². The molecule has 0 amide bonds. The van der Waals surface area contributed by atoms with Crippen LogP contribution in [0.2, 0.25) is 0 Å². The van der Waals surface area contributed by atoms with Gasteiger partial charge in [-0.1, -0.05) is 6.07 Å². The Morgan fingerprint density at radius 3 is 2.93 bits per heavy atom. The Bertz CT molecular complexity index is 467. The minimum Gasteiger partial charge on any atom is -0.477 e. The van der Waals surface area contributed by atoms with E-state index < -0.39 is 5.97 Å². The number of hydrogen-bond donors (Lipinski definition) is 1. The maximum atomic E-state index is 10.6. The first kappa shape index (κ1) is 9.79. The summed E-state index contributed by atoms with van der Waals surface area (Å²) in [5.41, 5.74) is 1.03. The highest BCUT2D eigenvalue weighted by Crippen LogP contribution is 2.16. The van der Waals surface area contributed by atoms with Crippen LogP contribution in [0.5, 0.6) is 0 Å². The van der Waals surface area contributed by atoms with Crippen LogP contribution < -0.4 is 0 Å². The smallest absolute Gasteiger partial charge is 0.347 e. The molecule has 0 aliphatic heterocycles. The molecule has 0 aromatic carbocycles. The van der Waals surface area contributed by atoms with Gasteiger partial charge in [-0.25, -0.2) is 9.78 Å². The first-order chi connectivity index (χ1) is 7.25. The maximum Gasteiger partial charge on any atom is 0.347 e. The first-order valence-corrected chi connectivity index (χ1v) is 5.14. The SMILES string of the molecule is O=C(O)c1cnc(Cc2cccnc2)s1. The Labute approximate surface area is 90.3 Å². The van der Waals surface area contributed by atoms with E-state index in [-0.39, 0.29) is 4.88 Å². The van der Waals surface area contributed by atoms with Gasteiger partial charge < -0.3 is 5.11 Å². The van der Waals surface area contributed by atoms with Gasteiger partial charge in [-0.15, -0.1) is 11.3 Å². The van der Waals surface area contributed by atoms with Crippen molar-refractivity contribution in [3.8, 4) is 0 Å². The van der Waals surface area contributed by atoms with Crippen LogP contribution in [0, 0.1) is 0 Å². The summed E-state index contributed by atoms with van der Waals surface area (Å²) < 4.78 is 0. The number of nitrogens with zero attached hydrogens (tertiary/aromatic N) is 2. The second-order valence-electron chi connectivity index (χ2n) is 2.96. The second kappa shape index (κ2) is 4.18. The molecule has 1 N–H and O–H groups in total. The monoisotopic (exact) mass is 220 g/mol. The van der Waals surface area contributed by atoms with Gasteiger partial charge in [0.25, 0.3) is 0 Å². The van der Waals surface area contributed by atoms with Gasteiger partial charge in [0.05, 0.1) is 11.2 Å². The summed E-state index contributed by atoms with van der Waals surface area (Å²) in [6.07, 6.45) is 5.47. The molecule has 2 heterocycles. The first-order valence-electron chi connectivity index (χ1n) is 4.32. The highest BCUT2D eigenvalue weighted by Gasteiger charge is 2.08. The molecule has 0 aliphatic rings. The van der Waals surface area contributed by atoms with Gasteiger partial charge >= 0.3 is 5.97 Å². The van der Waals surface area contributed by atoms with Gasteiger partial charge in [-0.05, 0) is 11.6 Å². The molecule has 0 unspecified atom stereocenters. The van der Waals surface area contributed by atoms with Crippen LogP contribution in [-0.2, 0) is 6.42 Å². The van der Waals surface area contributed by atoms with E-state index in [1.807, 2.05) is 12.1 Å². The molecule has 15 heavy (non-hydrogen) atoms. The molecular formula is C10H8N2O2S. The number of aromatic nitrogens is 2. The molecule has 2 aromatic heterocycles. The molecule has 4 nitrogen and oxygen atoms in total. The van der Waals surface area contributed by atoms with Gasteiger partial charge in [0, 0.05) is 18.8 Å². The lowest BCUT2D eigenvalue weighted by molar-refractivity contribution is 0.0702. The van der Waals surface area contributed by atoms with Crippen molar-refractivity contribution in [1.29, 1.82) is 0 Å². The van der Waals surface area contributed by atoms with E-state index in [0.29, 0.717) is 6.42 Å². The summed E-state index contributed by atoms with van der Waals surface area (Å²) in [6.45, 7) is 0. The van der Waals surface area contributed by atoms with Crippen molar-refractivity contribution in [2.45, 2.75) is 6.42 Å². The normalized spacial score (nSPS) is 10.1. The molecule has 0 bridgehead atoms. The minimum atomic E-state index is -0.926. The van der Waals surface area contributed by atoms with Crippen molar-refractivity contribution in [3.63, 3.8) is 0 Å². The zero-order chi connectivity index (χ0) is 10.7. The molecule has 76 valence electrons. The molecule has 0 saturated heterocycles. The highest BCUT2D eigenvalue weighted by molar-refractivity contribution is 7.13. The lowest BCUT2D eigenvalue weighted by Gasteiger charge is -1.94. The molecule has 5 heteroatoms. The van der Waals surface area contributed by atoms with E-state index in [1.165, 1.54) is 17.5 Å². The molecule has 2 aromatic rings. The third-order valence-corrected chi connectivity index (χ3v) is 2.83. The largest absolute Gasteiger partial charge is 0.477 e. The molecule has 0 saturated carbocycles. The van der Waals surface area contributed by atoms with Crippen molar-refractivity contribution >= 4 is 17.3 Å². The second-order valence-corrected chi connectivity index (χ2v) is 4.08. The van der Waals surface area contributed by atoms with Crippen LogP contribution >= 0.6 is 11.3 Å². The van der Waals surface area contributed by atoms with Crippen molar-refractivity contribution in [3.05, 3.63) is 46.2 Å². The Morgan fingerprint density at radius 1 is 1.47 bits per heavy atom. The molecule has 0 fully saturated rings. The predicted octanol–water partition coefficient (Wildman–Crippen LogP) is 1.83. The van der Waals surface area contributed by atoms with Gasteiger partial charge in [0.1, 0.15) is 4.88 Å². The van der Waals surface area contributed by atoms with Gasteiger partial charge in [-0.3, -0.25) is 4.98 Å². The lowest BCUT2D eigenvalue weighted by Crippen LogP contribution is -1.89. The summed E-state index contributed by atoms with van der Waals surface area (Å²) >= 11 is 1.20. The van der Waals surface area contributed by atoms with Crippen LogP contribution in [0.1, 0.15) is 20.2 Å². The van der Waals surface area contributed by atoms with E-state index >= 15 is 0 Å². The number of carbonyl (C=O) groups is 1. The molecule has 2 rings (SSSR count). The standard InChI is InChI=1S/C10H8N2O2S/c13-10(14)8-6-12-9(15-8)4-7-2-1-3-11-5-7/h1-3,5-6H,4H2,(H,13,14). The number of carboxylic acids is 1. The zero-order valence-corrected chi connectivity index (χ0v) is 8.57. The quantitative estimate of drug-likeness (QED) is 0.857. The summed E-state index contributed by atoms with van der Waals surface area (Å²) in [7, 11) is 0. The Hall–Kier alpha value is -1.75. The summed E-state index contributed by atoms with van der Waals surface area (Å²) in [4.78, 5) is 18.9. The van der Waals surface area contributed by atoms with Gasteiger partial charge in [-0.2, -0.15) is 0 Å². The fourth-order valence-corrected chi connectivity index (χ4v) is 1.96. The number of hydrogen-bond acceptors (Lipinski definition) is 4. The van der Waals surface area contributed by atoms with Crippen molar-refractivity contribution in [2.24, 2.45) is 0 Å². The zero-order valence-electron chi connectivity index (χ0n) is 7.75. The number of aromatic carboxylic acids is 1. The molecule has 0 aliphatic carbocycles. The van der Waals surface area contributed by atoms with E-state index in [2.05, 4.69) is 9.97 Å². The Kier molecular flexibility index (Phi) is 2.73. The fourth-order valence-electron chi connectivity index (χ4n) is 1.17. The van der Waals surface area contributed by atoms with Crippen LogP contribution in [0.4, 0.5) is 0 Å². The van der Waals surface area contributed by atoms with Gasteiger partial charge in [0.15, 0.2) is 0 Å². The van der Waals surface area contributed by atoms with Crippen LogP contribution in [-0.4, -0.2) is 21.0 Å². The topological polar surface area (TPSA) is 63.1 Å². The molecule has 0 atom stereocenters. The molecular weight excluding hydrogens is 212 g/mol.